The number of hydrogen-bond donors (Lipinski definition) is 0. The van der Waals surface area contributed by atoms with Crippen LogP contribution in [0.4, 0.5) is 14.5 Å². The van der Waals surface area contributed by atoms with Gasteiger partial charge in [-0.1, -0.05) is 6.07 Å². The maximum absolute atomic E-state index is 13.3. The summed E-state index contributed by atoms with van der Waals surface area (Å²) in [5.74, 6) is -1.90. The molecule has 5 nitrogen and oxygen atoms in total. The summed E-state index contributed by atoms with van der Waals surface area (Å²) >= 11 is 0. The maximum atomic E-state index is 13.3. The third kappa shape index (κ3) is 2.63. The predicted molar refractivity (Wildman–Crippen MR) is 84.0 cm³/mol. The molecule has 0 saturated carbocycles. The molecule has 0 aromatic heterocycles. The van der Waals surface area contributed by atoms with Gasteiger partial charge in [-0.05, 0) is 35.9 Å². The Morgan fingerprint density at radius 2 is 1.76 bits per heavy atom. The molecule has 0 N–H and O–H groups in total. The predicted octanol–water partition coefficient (Wildman–Crippen LogP) is 3.04. The molecule has 0 radical (unpaired) electrons. The molecule has 2 heterocycles. The van der Waals surface area contributed by atoms with Gasteiger partial charge >= 0.3 is 0 Å². The molecule has 0 spiro atoms. The number of anilines is 1. The van der Waals surface area contributed by atoms with Crippen molar-refractivity contribution in [3.05, 3.63) is 59.2 Å². The van der Waals surface area contributed by atoms with Gasteiger partial charge in [-0.25, -0.2) is 13.7 Å². The van der Waals surface area contributed by atoms with Crippen molar-refractivity contribution in [2.75, 3.05) is 11.7 Å². The smallest absolute Gasteiger partial charge is 0.261 e. The number of ether oxygens (including phenoxy) is 2. The van der Waals surface area contributed by atoms with Gasteiger partial charge < -0.3 is 9.47 Å². The van der Waals surface area contributed by atoms with Crippen LogP contribution in [0.15, 0.2) is 42.0 Å². The molecule has 0 aliphatic carbocycles. The van der Waals surface area contributed by atoms with E-state index in [1.165, 1.54) is 12.1 Å². The Balaban J connectivity index is 1.66. The second kappa shape index (κ2) is 5.70. The van der Waals surface area contributed by atoms with Crippen molar-refractivity contribution in [2.24, 2.45) is 0 Å². The van der Waals surface area contributed by atoms with Gasteiger partial charge in [0.05, 0.1) is 12.1 Å². The fraction of sp³-hybridized carbons (Fsp3) is 0.111. The summed E-state index contributed by atoms with van der Waals surface area (Å²) in [6.45, 7) is 0.0853. The number of nitrogens with zero attached hydrogens (tertiary/aromatic N) is 1. The summed E-state index contributed by atoms with van der Waals surface area (Å²) < 4.78 is 36.8. The Bertz CT molecular complexity index is 939. The van der Waals surface area contributed by atoms with Crippen LogP contribution in [0.3, 0.4) is 0 Å². The standard InChI is InChI=1S/C18H11F2NO4/c19-13-3-1-10(6-14(13)20)5-11-7-17(22)21(18(11)23)12-2-4-15-16(8-12)25-9-24-15/h1-6,8H,7,9H2/b11-5+. The minimum absolute atomic E-state index is 0.0853. The molecule has 1 fully saturated rings. The molecular formula is C18H11F2NO4. The minimum Gasteiger partial charge on any atom is -0.454 e. The van der Waals surface area contributed by atoms with Crippen molar-refractivity contribution in [1.82, 2.24) is 0 Å². The molecule has 126 valence electrons. The van der Waals surface area contributed by atoms with E-state index in [9.17, 15) is 18.4 Å². The molecule has 2 aromatic rings. The van der Waals surface area contributed by atoms with Crippen molar-refractivity contribution >= 4 is 23.6 Å². The minimum atomic E-state index is -1.02. The van der Waals surface area contributed by atoms with Crippen LogP contribution in [0.2, 0.25) is 0 Å². The fourth-order valence-electron chi connectivity index (χ4n) is 2.78. The van der Waals surface area contributed by atoms with Crippen LogP contribution >= 0.6 is 0 Å². The lowest BCUT2D eigenvalue weighted by Gasteiger charge is -2.13. The highest BCUT2D eigenvalue weighted by Crippen LogP contribution is 2.37. The Kier molecular flexibility index (Phi) is 3.49. The Morgan fingerprint density at radius 1 is 0.960 bits per heavy atom. The van der Waals surface area contributed by atoms with E-state index in [0.717, 1.165) is 17.0 Å². The van der Waals surface area contributed by atoms with Crippen molar-refractivity contribution in [3.63, 3.8) is 0 Å². The Hall–Kier alpha value is -3.22. The Labute approximate surface area is 141 Å². The summed E-state index contributed by atoms with van der Waals surface area (Å²) in [5, 5.41) is 0. The number of carbonyl (C=O) groups excluding carboxylic acids is 2. The van der Waals surface area contributed by atoms with Crippen LogP contribution in [0.5, 0.6) is 11.5 Å². The molecule has 25 heavy (non-hydrogen) atoms. The lowest BCUT2D eigenvalue weighted by Crippen LogP contribution is -2.28. The number of amides is 2. The molecule has 4 rings (SSSR count). The molecule has 0 unspecified atom stereocenters. The zero-order valence-electron chi connectivity index (χ0n) is 12.8. The zero-order valence-corrected chi connectivity index (χ0v) is 12.8. The van der Waals surface area contributed by atoms with Gasteiger partial charge in [-0.3, -0.25) is 9.59 Å². The number of rotatable bonds is 2. The molecule has 0 bridgehead atoms. The molecule has 1 saturated heterocycles. The van der Waals surface area contributed by atoms with Crippen LogP contribution in [-0.2, 0) is 9.59 Å². The van der Waals surface area contributed by atoms with Crippen LogP contribution in [0.25, 0.3) is 6.08 Å². The number of fused-ring (bicyclic) bond motifs is 1. The quantitative estimate of drug-likeness (QED) is 0.621. The van der Waals surface area contributed by atoms with Crippen molar-refractivity contribution in [2.45, 2.75) is 6.42 Å². The molecule has 2 aromatic carbocycles. The van der Waals surface area contributed by atoms with E-state index in [2.05, 4.69) is 0 Å². The van der Waals surface area contributed by atoms with Crippen molar-refractivity contribution in [3.8, 4) is 11.5 Å². The molecule has 2 aliphatic heterocycles. The maximum Gasteiger partial charge on any atom is 0.261 e. The number of halogens is 2. The SMILES string of the molecule is O=C1C/C(=C\c2ccc(F)c(F)c2)C(=O)N1c1ccc2c(c1)OCO2. The Morgan fingerprint density at radius 3 is 2.56 bits per heavy atom. The van der Waals surface area contributed by atoms with Gasteiger partial charge in [0.25, 0.3) is 5.91 Å². The van der Waals surface area contributed by atoms with Crippen LogP contribution < -0.4 is 14.4 Å². The summed E-state index contributed by atoms with van der Waals surface area (Å²) in [6.07, 6.45) is 1.27. The molecule has 2 amide bonds. The molecule has 0 atom stereocenters. The van der Waals surface area contributed by atoms with E-state index in [1.807, 2.05) is 0 Å². The highest BCUT2D eigenvalue weighted by Gasteiger charge is 2.35. The lowest BCUT2D eigenvalue weighted by atomic mass is 10.1. The first-order valence-electron chi connectivity index (χ1n) is 7.45. The number of hydrogen-bond acceptors (Lipinski definition) is 4. The van der Waals surface area contributed by atoms with E-state index in [1.54, 1.807) is 18.2 Å². The first-order valence-corrected chi connectivity index (χ1v) is 7.45. The first kappa shape index (κ1) is 15.3. The van der Waals surface area contributed by atoms with Crippen LogP contribution in [0, 0.1) is 11.6 Å². The zero-order chi connectivity index (χ0) is 17.6. The van der Waals surface area contributed by atoms with E-state index in [-0.39, 0.29) is 18.8 Å². The monoisotopic (exact) mass is 343 g/mol. The van der Waals surface area contributed by atoms with Crippen LogP contribution in [0.1, 0.15) is 12.0 Å². The van der Waals surface area contributed by atoms with Gasteiger partial charge in [0.1, 0.15) is 0 Å². The van der Waals surface area contributed by atoms with Gasteiger partial charge in [0.2, 0.25) is 12.7 Å². The highest BCUT2D eigenvalue weighted by molar-refractivity contribution is 6.29. The first-order chi connectivity index (χ1) is 12.0. The number of carbonyl (C=O) groups is 2. The normalized spacial score (nSPS) is 17.7. The summed E-state index contributed by atoms with van der Waals surface area (Å²) in [6, 6.07) is 8.05. The fourth-order valence-corrected chi connectivity index (χ4v) is 2.78. The topological polar surface area (TPSA) is 55.8 Å². The van der Waals surface area contributed by atoms with Gasteiger partial charge in [0.15, 0.2) is 23.1 Å². The molecular weight excluding hydrogens is 332 g/mol. The largest absolute Gasteiger partial charge is 0.454 e. The van der Waals surface area contributed by atoms with Gasteiger partial charge in [-0.15, -0.1) is 0 Å². The van der Waals surface area contributed by atoms with Crippen molar-refractivity contribution < 1.29 is 27.8 Å². The third-order valence-electron chi connectivity index (χ3n) is 3.97. The average Bonchev–Trinajstić information content (AvgIpc) is 3.15. The number of benzene rings is 2. The average molecular weight is 343 g/mol. The molecule has 2 aliphatic rings. The lowest BCUT2D eigenvalue weighted by molar-refractivity contribution is -0.120. The van der Waals surface area contributed by atoms with E-state index in [0.29, 0.717) is 22.7 Å². The van der Waals surface area contributed by atoms with E-state index >= 15 is 0 Å². The van der Waals surface area contributed by atoms with Gasteiger partial charge in [-0.2, -0.15) is 0 Å². The summed E-state index contributed by atoms with van der Waals surface area (Å²) in [7, 11) is 0. The van der Waals surface area contributed by atoms with Crippen LogP contribution in [-0.4, -0.2) is 18.6 Å². The summed E-state index contributed by atoms with van der Waals surface area (Å²) in [4.78, 5) is 25.9. The van der Waals surface area contributed by atoms with E-state index < -0.39 is 23.4 Å². The second-order valence-electron chi connectivity index (χ2n) is 5.59. The van der Waals surface area contributed by atoms with Gasteiger partial charge in [0, 0.05) is 11.6 Å². The third-order valence-corrected chi connectivity index (χ3v) is 3.97. The summed E-state index contributed by atoms with van der Waals surface area (Å²) in [5.41, 5.74) is 0.879. The second-order valence-corrected chi connectivity index (χ2v) is 5.59. The van der Waals surface area contributed by atoms with Crippen molar-refractivity contribution in [1.29, 1.82) is 0 Å². The highest BCUT2D eigenvalue weighted by atomic mass is 19.2. The van der Waals surface area contributed by atoms with E-state index in [4.69, 9.17) is 9.47 Å². The number of imide groups is 1. The molecule has 7 heteroatoms.